The Morgan fingerprint density at radius 3 is 2.53 bits per heavy atom. The average molecular weight is 425 g/mol. The summed E-state index contributed by atoms with van der Waals surface area (Å²) in [7, 11) is 0. The number of fused-ring (bicyclic) bond motifs is 1. The van der Waals surface area contributed by atoms with Gasteiger partial charge in [0.1, 0.15) is 13.2 Å². The lowest BCUT2D eigenvalue weighted by atomic mass is 10.1. The van der Waals surface area contributed by atoms with E-state index in [1.165, 1.54) is 23.5 Å². The van der Waals surface area contributed by atoms with Crippen LogP contribution in [-0.4, -0.2) is 37.1 Å². The lowest BCUT2D eigenvalue weighted by Gasteiger charge is -2.18. The molecule has 2 heterocycles. The molecule has 0 saturated carbocycles. The number of rotatable bonds is 7. The molecule has 1 aliphatic heterocycles. The van der Waals surface area contributed by atoms with Crippen molar-refractivity contribution in [2.75, 3.05) is 31.6 Å². The maximum absolute atomic E-state index is 12.4. The topological polar surface area (TPSA) is 103 Å². The van der Waals surface area contributed by atoms with Crippen LogP contribution >= 0.6 is 11.3 Å². The van der Waals surface area contributed by atoms with E-state index in [0.717, 1.165) is 27.6 Å². The zero-order valence-electron chi connectivity index (χ0n) is 15.9. The van der Waals surface area contributed by atoms with Crippen molar-refractivity contribution in [3.63, 3.8) is 0 Å². The lowest BCUT2D eigenvalue weighted by Crippen LogP contribution is -2.28. The van der Waals surface area contributed by atoms with E-state index >= 15 is 0 Å². The van der Waals surface area contributed by atoms with Crippen LogP contribution in [0.2, 0.25) is 0 Å². The molecule has 0 radical (unpaired) electrons. The number of nitrogens with one attached hydrogen (secondary N) is 2. The number of ether oxygens (including phenoxy) is 2. The van der Waals surface area contributed by atoms with Gasteiger partial charge in [0.15, 0.2) is 11.5 Å². The number of nitro benzene ring substituents is 1. The van der Waals surface area contributed by atoms with Crippen molar-refractivity contribution in [3.8, 4) is 21.9 Å². The van der Waals surface area contributed by atoms with Gasteiger partial charge in [-0.3, -0.25) is 14.9 Å². The second-order valence-corrected chi connectivity index (χ2v) is 7.59. The lowest BCUT2D eigenvalue weighted by molar-refractivity contribution is -0.384. The Bertz CT molecular complexity index is 1060. The van der Waals surface area contributed by atoms with Crippen LogP contribution in [0.4, 0.5) is 11.4 Å². The monoisotopic (exact) mass is 425 g/mol. The van der Waals surface area contributed by atoms with Gasteiger partial charge in [0.25, 0.3) is 11.6 Å². The summed E-state index contributed by atoms with van der Waals surface area (Å²) in [5, 5.41) is 16.7. The average Bonchev–Trinajstić information content (AvgIpc) is 3.27. The predicted octanol–water partition coefficient (Wildman–Crippen LogP) is 3.94. The molecule has 0 bridgehead atoms. The van der Waals surface area contributed by atoms with Crippen molar-refractivity contribution in [2.24, 2.45) is 0 Å². The number of hydrogen-bond acceptors (Lipinski definition) is 7. The van der Waals surface area contributed by atoms with E-state index in [2.05, 4.69) is 10.6 Å². The van der Waals surface area contributed by atoms with E-state index in [-0.39, 0.29) is 11.6 Å². The summed E-state index contributed by atoms with van der Waals surface area (Å²) >= 11 is 1.41. The minimum absolute atomic E-state index is 0.0420. The van der Waals surface area contributed by atoms with Gasteiger partial charge in [-0.15, -0.1) is 11.3 Å². The molecule has 8 nitrogen and oxygen atoms in total. The molecule has 0 unspecified atom stereocenters. The largest absolute Gasteiger partial charge is 0.486 e. The van der Waals surface area contributed by atoms with Crippen LogP contribution in [0.25, 0.3) is 10.4 Å². The van der Waals surface area contributed by atoms with E-state index in [1.807, 2.05) is 24.3 Å². The zero-order chi connectivity index (χ0) is 20.9. The smallest absolute Gasteiger partial charge is 0.269 e. The Morgan fingerprint density at radius 1 is 1.00 bits per heavy atom. The zero-order valence-corrected chi connectivity index (χ0v) is 16.7. The van der Waals surface area contributed by atoms with Crippen molar-refractivity contribution in [1.82, 2.24) is 5.32 Å². The molecule has 1 aromatic heterocycles. The number of non-ortho nitro benzene ring substituents is 1. The van der Waals surface area contributed by atoms with Gasteiger partial charge in [-0.05, 0) is 48.0 Å². The van der Waals surface area contributed by atoms with E-state index in [0.29, 0.717) is 31.2 Å². The van der Waals surface area contributed by atoms with E-state index in [9.17, 15) is 14.9 Å². The number of anilines is 1. The van der Waals surface area contributed by atoms with Crippen LogP contribution in [-0.2, 0) is 0 Å². The molecule has 0 atom stereocenters. The van der Waals surface area contributed by atoms with Gasteiger partial charge in [0.05, 0.1) is 9.80 Å². The van der Waals surface area contributed by atoms with Gasteiger partial charge in [0, 0.05) is 35.8 Å². The third-order valence-corrected chi connectivity index (χ3v) is 5.61. The van der Waals surface area contributed by atoms with Crippen LogP contribution in [0.3, 0.4) is 0 Å². The number of amides is 1. The second-order valence-electron chi connectivity index (χ2n) is 6.51. The van der Waals surface area contributed by atoms with Gasteiger partial charge in [-0.25, -0.2) is 0 Å². The molecule has 2 N–H and O–H groups in total. The van der Waals surface area contributed by atoms with Crippen LogP contribution in [0, 0.1) is 10.1 Å². The number of thiophene rings is 1. The molecular weight excluding hydrogens is 406 g/mol. The summed E-state index contributed by atoms with van der Waals surface area (Å²) in [6, 6.07) is 15.6. The molecule has 30 heavy (non-hydrogen) atoms. The summed E-state index contributed by atoms with van der Waals surface area (Å²) in [5.41, 5.74) is 1.77. The standard InChI is InChI=1S/C21H19N3O5S/c25-21(23-10-9-22-15-2-4-16(5-3-15)24(26)27)20-8-7-19(30-20)14-1-6-17-18(13-14)29-12-11-28-17/h1-8,13,22H,9-12H2,(H,23,25). The van der Waals surface area contributed by atoms with Crippen molar-refractivity contribution in [1.29, 1.82) is 0 Å². The summed E-state index contributed by atoms with van der Waals surface area (Å²) in [6.07, 6.45) is 0. The van der Waals surface area contributed by atoms with Gasteiger partial charge < -0.3 is 20.1 Å². The molecule has 9 heteroatoms. The normalized spacial score (nSPS) is 12.3. The Kier molecular flexibility index (Phi) is 5.80. The van der Waals surface area contributed by atoms with Crippen LogP contribution < -0.4 is 20.1 Å². The van der Waals surface area contributed by atoms with E-state index in [1.54, 1.807) is 18.2 Å². The highest BCUT2D eigenvalue weighted by Crippen LogP contribution is 2.36. The Balaban J connectivity index is 1.29. The fourth-order valence-electron chi connectivity index (χ4n) is 2.98. The predicted molar refractivity (Wildman–Crippen MR) is 115 cm³/mol. The Morgan fingerprint density at radius 2 is 1.77 bits per heavy atom. The molecule has 1 amide bonds. The van der Waals surface area contributed by atoms with Gasteiger partial charge in [-0.1, -0.05) is 0 Å². The highest BCUT2D eigenvalue weighted by molar-refractivity contribution is 7.17. The first-order valence-electron chi connectivity index (χ1n) is 9.36. The van der Waals surface area contributed by atoms with Gasteiger partial charge in [0.2, 0.25) is 0 Å². The molecule has 0 spiro atoms. The first kappa shape index (κ1) is 19.7. The summed E-state index contributed by atoms with van der Waals surface area (Å²) in [5.74, 6) is 1.31. The minimum Gasteiger partial charge on any atom is -0.486 e. The van der Waals surface area contributed by atoms with Crippen LogP contribution in [0.5, 0.6) is 11.5 Å². The van der Waals surface area contributed by atoms with Crippen molar-refractivity contribution in [3.05, 3.63) is 69.6 Å². The first-order chi connectivity index (χ1) is 14.6. The number of nitrogens with zero attached hydrogens (tertiary/aromatic N) is 1. The van der Waals surface area contributed by atoms with E-state index < -0.39 is 4.92 Å². The molecule has 0 aliphatic carbocycles. The quantitative estimate of drug-likeness (QED) is 0.338. The van der Waals surface area contributed by atoms with Crippen LogP contribution in [0.15, 0.2) is 54.6 Å². The molecule has 1 aliphatic rings. The molecule has 3 aromatic rings. The molecular formula is C21H19N3O5S. The summed E-state index contributed by atoms with van der Waals surface area (Å²) in [6.45, 7) is 2.01. The number of hydrogen-bond donors (Lipinski definition) is 2. The summed E-state index contributed by atoms with van der Waals surface area (Å²) < 4.78 is 11.2. The van der Waals surface area contributed by atoms with Crippen molar-refractivity contribution in [2.45, 2.75) is 0 Å². The molecule has 4 rings (SSSR count). The number of benzene rings is 2. The third-order valence-electron chi connectivity index (χ3n) is 4.47. The number of carbonyl (C=O) groups excluding carboxylic acids is 1. The Labute approximate surface area is 176 Å². The van der Waals surface area contributed by atoms with Gasteiger partial charge in [-0.2, -0.15) is 0 Å². The molecule has 0 fully saturated rings. The fourth-order valence-corrected chi connectivity index (χ4v) is 3.90. The van der Waals surface area contributed by atoms with Crippen molar-refractivity contribution < 1.29 is 19.2 Å². The number of nitro groups is 1. The Hall–Kier alpha value is -3.59. The van der Waals surface area contributed by atoms with E-state index in [4.69, 9.17) is 9.47 Å². The first-order valence-corrected chi connectivity index (χ1v) is 10.2. The minimum atomic E-state index is -0.440. The highest BCUT2D eigenvalue weighted by atomic mass is 32.1. The number of carbonyl (C=O) groups is 1. The van der Waals surface area contributed by atoms with Gasteiger partial charge >= 0.3 is 0 Å². The van der Waals surface area contributed by atoms with Crippen molar-refractivity contribution >= 4 is 28.6 Å². The maximum Gasteiger partial charge on any atom is 0.269 e. The maximum atomic E-state index is 12.4. The molecule has 0 saturated heterocycles. The second kappa shape index (κ2) is 8.83. The highest BCUT2D eigenvalue weighted by Gasteiger charge is 2.15. The third kappa shape index (κ3) is 4.52. The fraction of sp³-hybridized carbons (Fsp3) is 0.190. The molecule has 154 valence electrons. The SMILES string of the molecule is O=C(NCCNc1ccc([N+](=O)[O-])cc1)c1ccc(-c2ccc3c(c2)OCCO3)s1. The molecule has 2 aromatic carbocycles. The summed E-state index contributed by atoms with van der Waals surface area (Å²) in [4.78, 5) is 24.2. The van der Waals surface area contributed by atoms with Crippen LogP contribution in [0.1, 0.15) is 9.67 Å².